The Kier molecular flexibility index (Phi) is 6.35. The zero-order valence-electron chi connectivity index (χ0n) is 18.6. The van der Waals surface area contributed by atoms with Crippen LogP contribution in [0.25, 0.3) is 28.0 Å². The van der Waals surface area contributed by atoms with E-state index in [4.69, 9.17) is 4.74 Å². The summed E-state index contributed by atoms with van der Waals surface area (Å²) in [6.45, 7) is 4.58. The molecule has 1 N–H and O–H groups in total. The SMILES string of the molecule is Fc1ccc(-c2nn3cc(C(F)(F)F)ccc3c2-c2ccnc(NCCN3CCOCC3)n2)cc1. The summed E-state index contributed by atoms with van der Waals surface area (Å²) in [5.41, 5.74) is 1.58. The lowest BCUT2D eigenvalue weighted by atomic mass is 10.0. The predicted octanol–water partition coefficient (Wildman–Crippen LogP) is 4.36. The summed E-state index contributed by atoms with van der Waals surface area (Å²) in [5.74, 6) is -0.0284. The third-order valence-electron chi connectivity index (χ3n) is 5.80. The molecule has 1 fully saturated rings. The van der Waals surface area contributed by atoms with E-state index in [2.05, 4.69) is 25.3 Å². The first-order valence-electron chi connectivity index (χ1n) is 11.1. The van der Waals surface area contributed by atoms with E-state index < -0.39 is 17.6 Å². The molecule has 0 aliphatic carbocycles. The first-order chi connectivity index (χ1) is 16.9. The second kappa shape index (κ2) is 9.59. The number of aromatic nitrogens is 4. The molecule has 3 aromatic heterocycles. The molecule has 0 spiro atoms. The summed E-state index contributed by atoms with van der Waals surface area (Å²) in [5, 5.41) is 7.62. The van der Waals surface area contributed by atoms with Crippen molar-refractivity contribution < 1.29 is 22.3 Å². The fraction of sp³-hybridized carbons (Fsp3) is 0.292. The van der Waals surface area contributed by atoms with Crippen molar-refractivity contribution in [2.24, 2.45) is 0 Å². The minimum Gasteiger partial charge on any atom is -0.379 e. The third-order valence-corrected chi connectivity index (χ3v) is 5.80. The number of hydrogen-bond acceptors (Lipinski definition) is 6. The minimum absolute atomic E-state index is 0.391. The number of ether oxygens (including phenoxy) is 1. The van der Waals surface area contributed by atoms with Gasteiger partial charge in [0.25, 0.3) is 0 Å². The van der Waals surface area contributed by atoms with Gasteiger partial charge in [0.05, 0.1) is 35.6 Å². The number of pyridine rings is 1. The van der Waals surface area contributed by atoms with E-state index >= 15 is 0 Å². The van der Waals surface area contributed by atoms with Gasteiger partial charge in [-0.25, -0.2) is 18.9 Å². The first-order valence-corrected chi connectivity index (χ1v) is 11.1. The molecular weight excluding hydrogens is 464 g/mol. The Balaban J connectivity index is 1.51. The van der Waals surface area contributed by atoms with Crippen LogP contribution >= 0.6 is 0 Å². The predicted molar refractivity (Wildman–Crippen MR) is 122 cm³/mol. The number of hydrogen-bond donors (Lipinski definition) is 1. The minimum atomic E-state index is -4.51. The molecule has 1 aliphatic rings. The number of anilines is 1. The van der Waals surface area contributed by atoms with E-state index in [1.165, 1.54) is 34.8 Å². The highest BCUT2D eigenvalue weighted by Gasteiger charge is 2.31. The van der Waals surface area contributed by atoms with Crippen LogP contribution in [0.3, 0.4) is 0 Å². The lowest BCUT2D eigenvalue weighted by Crippen LogP contribution is -2.39. The molecule has 5 rings (SSSR count). The van der Waals surface area contributed by atoms with Crippen molar-refractivity contribution in [3.8, 4) is 22.5 Å². The van der Waals surface area contributed by atoms with Gasteiger partial charge in [-0.05, 0) is 42.5 Å². The topological polar surface area (TPSA) is 67.6 Å². The summed E-state index contributed by atoms with van der Waals surface area (Å²) < 4.78 is 60.0. The van der Waals surface area contributed by atoms with Crippen LogP contribution < -0.4 is 5.32 Å². The smallest absolute Gasteiger partial charge is 0.379 e. The Morgan fingerprint density at radius 2 is 1.77 bits per heavy atom. The van der Waals surface area contributed by atoms with E-state index in [9.17, 15) is 17.6 Å². The van der Waals surface area contributed by atoms with Gasteiger partial charge < -0.3 is 10.1 Å². The standard InChI is InChI=1S/C24H22F4N6O/c25-18-4-1-16(2-5-18)22-21(20-6-3-17(24(26,27)28)15-34(20)32-22)19-7-8-29-23(31-19)30-9-10-33-11-13-35-14-12-33/h1-8,15H,9-14H2,(H,29,30,31). The molecule has 0 bridgehead atoms. The summed E-state index contributed by atoms with van der Waals surface area (Å²) in [4.78, 5) is 11.2. The van der Waals surface area contributed by atoms with Crippen LogP contribution in [0.2, 0.25) is 0 Å². The van der Waals surface area contributed by atoms with E-state index in [-0.39, 0.29) is 0 Å². The number of benzene rings is 1. The van der Waals surface area contributed by atoms with Crippen LogP contribution in [0.15, 0.2) is 54.9 Å². The van der Waals surface area contributed by atoms with Crippen molar-refractivity contribution >= 4 is 11.5 Å². The lowest BCUT2D eigenvalue weighted by Gasteiger charge is -2.26. The number of fused-ring (bicyclic) bond motifs is 1. The molecule has 7 nitrogen and oxygen atoms in total. The first kappa shape index (κ1) is 23.2. The quantitative estimate of drug-likeness (QED) is 0.409. The zero-order chi connectivity index (χ0) is 24.4. The van der Waals surface area contributed by atoms with E-state index in [1.54, 1.807) is 12.3 Å². The largest absolute Gasteiger partial charge is 0.417 e. The maximum Gasteiger partial charge on any atom is 0.417 e. The molecule has 0 radical (unpaired) electrons. The van der Waals surface area contributed by atoms with Crippen LogP contribution in [0.1, 0.15) is 5.56 Å². The molecule has 35 heavy (non-hydrogen) atoms. The van der Waals surface area contributed by atoms with Crippen molar-refractivity contribution in [3.05, 3.63) is 66.2 Å². The second-order valence-electron chi connectivity index (χ2n) is 8.12. The van der Waals surface area contributed by atoms with Crippen molar-refractivity contribution in [2.45, 2.75) is 6.18 Å². The highest BCUT2D eigenvalue weighted by Crippen LogP contribution is 2.36. The molecule has 1 saturated heterocycles. The molecule has 0 atom stereocenters. The van der Waals surface area contributed by atoms with Crippen molar-refractivity contribution in [1.29, 1.82) is 0 Å². The number of rotatable bonds is 6. The fourth-order valence-corrected chi connectivity index (χ4v) is 4.01. The van der Waals surface area contributed by atoms with Gasteiger partial charge in [-0.1, -0.05) is 0 Å². The van der Waals surface area contributed by atoms with Gasteiger partial charge in [0.2, 0.25) is 5.95 Å². The molecule has 11 heteroatoms. The van der Waals surface area contributed by atoms with Gasteiger partial charge in [-0.15, -0.1) is 0 Å². The Morgan fingerprint density at radius 3 is 2.51 bits per heavy atom. The molecule has 1 aliphatic heterocycles. The number of nitrogens with zero attached hydrogens (tertiary/aromatic N) is 5. The molecule has 182 valence electrons. The van der Waals surface area contributed by atoms with Gasteiger partial charge in [-0.2, -0.15) is 18.3 Å². The monoisotopic (exact) mass is 486 g/mol. The summed E-state index contributed by atoms with van der Waals surface area (Å²) in [7, 11) is 0. The van der Waals surface area contributed by atoms with Crippen LogP contribution in [0.5, 0.6) is 0 Å². The molecule has 4 heterocycles. The van der Waals surface area contributed by atoms with Crippen LogP contribution in [-0.4, -0.2) is 63.9 Å². The number of halogens is 4. The average Bonchev–Trinajstić information content (AvgIpc) is 3.24. The Labute approximate surface area is 198 Å². The molecule has 1 aromatic carbocycles. The van der Waals surface area contributed by atoms with Gasteiger partial charge in [0.15, 0.2) is 0 Å². The molecule has 0 saturated carbocycles. The van der Waals surface area contributed by atoms with Crippen molar-refractivity contribution in [3.63, 3.8) is 0 Å². The Hall–Kier alpha value is -3.57. The third kappa shape index (κ3) is 5.10. The van der Waals surface area contributed by atoms with Crippen LogP contribution in [0.4, 0.5) is 23.5 Å². The van der Waals surface area contributed by atoms with E-state index in [1.807, 2.05) is 0 Å². The molecule has 4 aromatic rings. The molecule has 0 unspecified atom stereocenters. The normalized spacial score (nSPS) is 15.0. The highest BCUT2D eigenvalue weighted by molar-refractivity contribution is 5.91. The molecular formula is C24H22F4N6O. The Morgan fingerprint density at radius 1 is 1.00 bits per heavy atom. The van der Waals surface area contributed by atoms with Crippen molar-refractivity contribution in [2.75, 3.05) is 44.7 Å². The zero-order valence-corrected chi connectivity index (χ0v) is 18.6. The summed E-state index contributed by atoms with van der Waals surface area (Å²) in [6, 6.07) is 9.69. The van der Waals surface area contributed by atoms with Gasteiger partial charge in [0, 0.05) is 44.1 Å². The fourth-order valence-electron chi connectivity index (χ4n) is 4.01. The summed E-state index contributed by atoms with van der Waals surface area (Å²) >= 11 is 0. The van der Waals surface area contributed by atoms with E-state index in [0.717, 1.165) is 31.9 Å². The van der Waals surface area contributed by atoms with Crippen LogP contribution in [0, 0.1) is 5.82 Å². The van der Waals surface area contributed by atoms with Crippen LogP contribution in [-0.2, 0) is 10.9 Å². The van der Waals surface area contributed by atoms with Gasteiger partial charge in [-0.3, -0.25) is 4.90 Å². The van der Waals surface area contributed by atoms with Gasteiger partial charge >= 0.3 is 6.18 Å². The average molecular weight is 486 g/mol. The summed E-state index contributed by atoms with van der Waals surface area (Å²) in [6.07, 6.45) is -1.99. The number of alkyl halides is 3. The number of morpholine rings is 1. The lowest BCUT2D eigenvalue weighted by molar-refractivity contribution is -0.137. The maximum absolute atomic E-state index is 13.5. The van der Waals surface area contributed by atoms with Gasteiger partial charge in [0.1, 0.15) is 11.5 Å². The van der Waals surface area contributed by atoms with Crippen molar-refractivity contribution in [1.82, 2.24) is 24.5 Å². The highest BCUT2D eigenvalue weighted by atomic mass is 19.4. The maximum atomic E-state index is 13.5. The van der Waals surface area contributed by atoms with E-state index in [0.29, 0.717) is 53.7 Å². The Bertz CT molecular complexity index is 1320. The molecule has 0 amide bonds. The second-order valence-corrected chi connectivity index (χ2v) is 8.12. The number of nitrogens with one attached hydrogen (secondary N) is 1.